The van der Waals surface area contributed by atoms with Gasteiger partial charge in [0.15, 0.2) is 0 Å². The van der Waals surface area contributed by atoms with Crippen LogP contribution >= 0.6 is 15.9 Å². The van der Waals surface area contributed by atoms with Crippen molar-refractivity contribution in [1.82, 2.24) is 9.80 Å². The summed E-state index contributed by atoms with van der Waals surface area (Å²) in [5.74, 6) is -0.418. The van der Waals surface area contributed by atoms with E-state index in [0.29, 0.717) is 24.2 Å². The number of benzene rings is 3. The molecule has 0 radical (unpaired) electrons. The van der Waals surface area contributed by atoms with E-state index in [9.17, 15) is 9.59 Å². The van der Waals surface area contributed by atoms with Gasteiger partial charge in [0.25, 0.3) is 5.91 Å². The molecule has 1 aliphatic rings. The first-order valence-electron chi connectivity index (χ1n) is 10.6. The Morgan fingerprint density at radius 2 is 1.34 bits per heavy atom. The van der Waals surface area contributed by atoms with E-state index < -0.39 is 5.97 Å². The summed E-state index contributed by atoms with van der Waals surface area (Å²) >= 11 is 3.53. The van der Waals surface area contributed by atoms with Crippen LogP contribution in [0.3, 0.4) is 0 Å². The molecule has 1 heterocycles. The van der Waals surface area contributed by atoms with Crippen molar-refractivity contribution < 1.29 is 14.3 Å². The van der Waals surface area contributed by atoms with E-state index in [1.165, 1.54) is 18.2 Å². The number of rotatable bonds is 5. The van der Waals surface area contributed by atoms with Gasteiger partial charge in [0.05, 0.1) is 18.7 Å². The van der Waals surface area contributed by atoms with Crippen molar-refractivity contribution in [2.75, 3.05) is 33.3 Å². The summed E-state index contributed by atoms with van der Waals surface area (Å²) in [4.78, 5) is 28.9. The molecule has 0 saturated carbocycles. The highest BCUT2D eigenvalue weighted by Gasteiger charge is 2.28. The number of piperazine rings is 1. The topological polar surface area (TPSA) is 49.9 Å². The Morgan fingerprint density at radius 1 is 0.781 bits per heavy atom. The molecule has 3 aromatic carbocycles. The molecule has 0 aromatic heterocycles. The molecule has 1 atom stereocenters. The Morgan fingerprint density at radius 3 is 1.94 bits per heavy atom. The molecule has 164 valence electrons. The molecular weight excluding hydrogens is 468 g/mol. The monoisotopic (exact) mass is 492 g/mol. The SMILES string of the molecule is COC(=O)c1ccc(C(=O)N2CCN([C@@H](c3ccccc3)c3ccc(Br)cc3)CC2)cc1. The maximum Gasteiger partial charge on any atom is 0.337 e. The molecule has 0 unspecified atom stereocenters. The highest BCUT2D eigenvalue weighted by molar-refractivity contribution is 9.10. The van der Waals surface area contributed by atoms with Crippen LogP contribution in [0.25, 0.3) is 0 Å². The number of carbonyl (C=O) groups is 2. The van der Waals surface area contributed by atoms with Crippen LogP contribution in [0.15, 0.2) is 83.3 Å². The highest BCUT2D eigenvalue weighted by Crippen LogP contribution is 2.30. The molecule has 1 saturated heterocycles. The smallest absolute Gasteiger partial charge is 0.337 e. The number of amides is 1. The third-order valence-corrected chi connectivity index (χ3v) is 6.35. The third-order valence-electron chi connectivity index (χ3n) is 5.82. The van der Waals surface area contributed by atoms with E-state index in [1.807, 2.05) is 11.0 Å². The summed E-state index contributed by atoms with van der Waals surface area (Å²) in [5.41, 5.74) is 3.50. The zero-order valence-corrected chi connectivity index (χ0v) is 19.5. The second kappa shape index (κ2) is 10.1. The zero-order chi connectivity index (χ0) is 22.5. The van der Waals surface area contributed by atoms with Crippen LogP contribution in [0, 0.1) is 0 Å². The predicted octanol–water partition coefficient (Wildman–Crippen LogP) is 4.78. The lowest BCUT2D eigenvalue weighted by Crippen LogP contribution is -2.49. The first-order valence-corrected chi connectivity index (χ1v) is 11.4. The van der Waals surface area contributed by atoms with Crippen molar-refractivity contribution in [2.45, 2.75) is 6.04 Å². The lowest BCUT2D eigenvalue weighted by molar-refractivity contribution is 0.0587. The fraction of sp³-hybridized carbons (Fsp3) is 0.231. The molecule has 6 heteroatoms. The van der Waals surface area contributed by atoms with Crippen LogP contribution in [0.2, 0.25) is 0 Å². The molecule has 1 aliphatic heterocycles. The van der Waals surface area contributed by atoms with Crippen LogP contribution in [0.5, 0.6) is 0 Å². The van der Waals surface area contributed by atoms with Gasteiger partial charge in [-0.15, -0.1) is 0 Å². The Balaban J connectivity index is 1.47. The Kier molecular flexibility index (Phi) is 7.02. The number of methoxy groups -OCH3 is 1. The Hall–Kier alpha value is -2.96. The summed E-state index contributed by atoms with van der Waals surface area (Å²) in [6.07, 6.45) is 0. The minimum absolute atomic E-state index is 0.0130. The van der Waals surface area contributed by atoms with Crippen molar-refractivity contribution >= 4 is 27.8 Å². The largest absolute Gasteiger partial charge is 0.465 e. The molecule has 5 nitrogen and oxygen atoms in total. The second-order valence-corrected chi connectivity index (χ2v) is 8.68. The minimum atomic E-state index is -0.405. The van der Waals surface area contributed by atoms with Crippen LogP contribution in [0.1, 0.15) is 37.9 Å². The molecule has 0 N–H and O–H groups in total. The summed E-state index contributed by atoms with van der Waals surface area (Å²) in [6.45, 7) is 2.86. The van der Waals surface area contributed by atoms with Gasteiger partial charge in [-0.2, -0.15) is 0 Å². The highest BCUT2D eigenvalue weighted by atomic mass is 79.9. The number of carbonyl (C=O) groups excluding carboxylic acids is 2. The Bertz CT molecular complexity index is 1060. The molecule has 4 rings (SSSR count). The van der Waals surface area contributed by atoms with Gasteiger partial charge in [0, 0.05) is 36.2 Å². The second-order valence-electron chi connectivity index (χ2n) is 7.76. The third kappa shape index (κ3) is 4.92. The summed E-state index contributed by atoms with van der Waals surface area (Å²) in [5, 5.41) is 0. The van der Waals surface area contributed by atoms with Gasteiger partial charge in [0.1, 0.15) is 0 Å². The van der Waals surface area contributed by atoms with Gasteiger partial charge < -0.3 is 9.64 Å². The summed E-state index contributed by atoms with van der Waals surface area (Å²) in [7, 11) is 1.35. The Labute approximate surface area is 196 Å². The average Bonchev–Trinajstić information content (AvgIpc) is 2.85. The van der Waals surface area contributed by atoms with Crippen LogP contribution in [0.4, 0.5) is 0 Å². The standard InChI is InChI=1S/C26H25BrN2O3/c1-32-26(31)22-9-7-21(8-10-22)25(30)29-17-15-28(16-18-29)24(19-5-3-2-4-6-19)20-11-13-23(27)14-12-20/h2-14,24H,15-18H2,1H3/t24-/m0/s1. The van der Waals surface area contributed by atoms with E-state index in [-0.39, 0.29) is 11.9 Å². The van der Waals surface area contributed by atoms with Crippen molar-refractivity contribution in [2.24, 2.45) is 0 Å². The van der Waals surface area contributed by atoms with Gasteiger partial charge >= 0.3 is 5.97 Å². The number of ether oxygens (including phenoxy) is 1. The van der Waals surface area contributed by atoms with Gasteiger partial charge in [-0.3, -0.25) is 9.69 Å². The van der Waals surface area contributed by atoms with Crippen molar-refractivity contribution in [3.63, 3.8) is 0 Å². The lowest BCUT2D eigenvalue weighted by Gasteiger charge is -2.39. The molecule has 1 fully saturated rings. The van der Waals surface area contributed by atoms with E-state index in [1.54, 1.807) is 24.3 Å². The predicted molar refractivity (Wildman–Crippen MR) is 128 cm³/mol. The van der Waals surface area contributed by atoms with E-state index >= 15 is 0 Å². The molecule has 0 bridgehead atoms. The number of esters is 1. The first-order chi connectivity index (χ1) is 15.6. The van der Waals surface area contributed by atoms with Gasteiger partial charge in [0.2, 0.25) is 0 Å². The van der Waals surface area contributed by atoms with Gasteiger partial charge in [-0.05, 0) is 47.5 Å². The summed E-state index contributed by atoms with van der Waals surface area (Å²) < 4.78 is 5.78. The fourth-order valence-electron chi connectivity index (χ4n) is 4.13. The normalized spacial score (nSPS) is 15.2. The van der Waals surface area contributed by atoms with Crippen LogP contribution < -0.4 is 0 Å². The van der Waals surface area contributed by atoms with Crippen molar-refractivity contribution in [3.8, 4) is 0 Å². The molecule has 0 aliphatic carbocycles. The van der Waals surface area contributed by atoms with Crippen molar-refractivity contribution in [1.29, 1.82) is 0 Å². The van der Waals surface area contributed by atoms with Gasteiger partial charge in [-0.25, -0.2) is 4.79 Å². The maximum atomic E-state index is 13.0. The first kappa shape index (κ1) is 22.2. The zero-order valence-electron chi connectivity index (χ0n) is 17.9. The van der Waals surface area contributed by atoms with Crippen LogP contribution in [-0.4, -0.2) is 55.0 Å². The molecule has 3 aromatic rings. The molecule has 0 spiro atoms. The number of hydrogen-bond donors (Lipinski definition) is 0. The quantitative estimate of drug-likeness (QED) is 0.480. The van der Waals surface area contributed by atoms with E-state index in [2.05, 4.69) is 69.4 Å². The average molecular weight is 493 g/mol. The fourth-order valence-corrected chi connectivity index (χ4v) is 4.39. The lowest BCUT2D eigenvalue weighted by atomic mass is 9.96. The van der Waals surface area contributed by atoms with Crippen molar-refractivity contribution in [3.05, 3.63) is 106 Å². The number of hydrogen-bond acceptors (Lipinski definition) is 4. The van der Waals surface area contributed by atoms with E-state index in [4.69, 9.17) is 4.74 Å². The van der Waals surface area contributed by atoms with E-state index in [0.717, 1.165) is 17.6 Å². The summed E-state index contributed by atoms with van der Waals surface area (Å²) in [6, 6.07) is 25.7. The maximum absolute atomic E-state index is 13.0. The molecule has 1 amide bonds. The number of halogens is 1. The molecular formula is C26H25BrN2O3. The number of nitrogens with zero attached hydrogens (tertiary/aromatic N) is 2. The molecule has 32 heavy (non-hydrogen) atoms. The van der Waals surface area contributed by atoms with Crippen LogP contribution in [-0.2, 0) is 4.74 Å². The van der Waals surface area contributed by atoms with Gasteiger partial charge in [-0.1, -0.05) is 58.4 Å². The minimum Gasteiger partial charge on any atom is -0.465 e.